The van der Waals surface area contributed by atoms with Crippen LogP contribution in [0.5, 0.6) is 0 Å². The Morgan fingerprint density at radius 1 is 1.35 bits per heavy atom. The SMILES string of the molecule is CCC(CC)N(CCBr)C(=O)c1snnc1C(C)(C)C. The average Bonchev–Trinajstić information content (AvgIpc) is 2.87. The second-order valence-electron chi connectivity index (χ2n) is 5.86. The molecule has 1 aromatic rings. The maximum absolute atomic E-state index is 12.9. The van der Waals surface area contributed by atoms with E-state index < -0.39 is 0 Å². The van der Waals surface area contributed by atoms with Gasteiger partial charge in [-0.2, -0.15) is 0 Å². The molecule has 1 heterocycles. The van der Waals surface area contributed by atoms with Crippen LogP contribution in [0.3, 0.4) is 0 Å². The van der Waals surface area contributed by atoms with Gasteiger partial charge < -0.3 is 4.90 Å². The third-order valence-corrected chi connectivity index (χ3v) is 4.43. The third kappa shape index (κ3) is 4.01. The molecule has 0 aliphatic carbocycles. The fraction of sp³-hybridized carbons (Fsp3) is 0.786. The van der Waals surface area contributed by atoms with Crippen LogP contribution in [0.25, 0.3) is 0 Å². The lowest BCUT2D eigenvalue weighted by atomic mass is 9.91. The molecule has 6 heteroatoms. The normalized spacial score (nSPS) is 11.9. The Morgan fingerprint density at radius 3 is 2.40 bits per heavy atom. The summed E-state index contributed by atoms with van der Waals surface area (Å²) >= 11 is 4.65. The van der Waals surface area contributed by atoms with Gasteiger partial charge in [0.15, 0.2) is 0 Å². The number of hydrogen-bond acceptors (Lipinski definition) is 4. The van der Waals surface area contributed by atoms with E-state index in [-0.39, 0.29) is 17.4 Å². The molecule has 1 rings (SSSR count). The highest BCUT2D eigenvalue weighted by Gasteiger charge is 2.30. The van der Waals surface area contributed by atoms with Crippen LogP contribution in [-0.4, -0.2) is 38.3 Å². The molecule has 0 fully saturated rings. The van der Waals surface area contributed by atoms with Crippen LogP contribution in [0.4, 0.5) is 0 Å². The van der Waals surface area contributed by atoms with E-state index in [0.717, 1.165) is 23.9 Å². The molecule has 20 heavy (non-hydrogen) atoms. The van der Waals surface area contributed by atoms with Crippen molar-refractivity contribution in [2.75, 3.05) is 11.9 Å². The van der Waals surface area contributed by atoms with Crippen LogP contribution in [0.15, 0.2) is 0 Å². The average molecular weight is 362 g/mol. The number of hydrogen-bond donors (Lipinski definition) is 0. The van der Waals surface area contributed by atoms with E-state index in [1.54, 1.807) is 0 Å². The smallest absolute Gasteiger partial charge is 0.267 e. The fourth-order valence-corrected chi connectivity index (χ4v) is 3.44. The van der Waals surface area contributed by atoms with Crippen molar-refractivity contribution in [1.82, 2.24) is 14.5 Å². The van der Waals surface area contributed by atoms with Gasteiger partial charge in [0.05, 0.1) is 5.69 Å². The summed E-state index contributed by atoms with van der Waals surface area (Å²) in [6.07, 6.45) is 1.93. The summed E-state index contributed by atoms with van der Waals surface area (Å²) in [6, 6.07) is 0.273. The van der Waals surface area contributed by atoms with Crippen molar-refractivity contribution in [3.05, 3.63) is 10.6 Å². The molecule has 114 valence electrons. The molecule has 0 bridgehead atoms. The van der Waals surface area contributed by atoms with Crippen molar-refractivity contribution in [2.24, 2.45) is 0 Å². The molecule has 0 radical (unpaired) electrons. The fourth-order valence-electron chi connectivity index (χ4n) is 2.22. The van der Waals surface area contributed by atoms with Crippen LogP contribution in [0.2, 0.25) is 0 Å². The first-order valence-corrected chi connectivity index (χ1v) is 8.96. The van der Waals surface area contributed by atoms with E-state index in [1.165, 1.54) is 11.5 Å². The van der Waals surface area contributed by atoms with Crippen LogP contribution in [0.1, 0.15) is 62.8 Å². The van der Waals surface area contributed by atoms with Crippen LogP contribution < -0.4 is 0 Å². The minimum Gasteiger partial charge on any atom is -0.334 e. The monoisotopic (exact) mass is 361 g/mol. The quantitative estimate of drug-likeness (QED) is 0.722. The first kappa shape index (κ1) is 17.6. The van der Waals surface area contributed by atoms with Gasteiger partial charge in [-0.05, 0) is 24.4 Å². The van der Waals surface area contributed by atoms with Gasteiger partial charge in [-0.15, -0.1) is 5.10 Å². The summed E-state index contributed by atoms with van der Waals surface area (Å²) in [5, 5.41) is 4.96. The number of carbonyl (C=O) groups is 1. The largest absolute Gasteiger partial charge is 0.334 e. The lowest BCUT2D eigenvalue weighted by Crippen LogP contribution is -2.41. The zero-order chi connectivity index (χ0) is 15.3. The molecule has 0 spiro atoms. The number of aromatic nitrogens is 2. The Labute approximate surface area is 134 Å². The zero-order valence-electron chi connectivity index (χ0n) is 12.9. The Kier molecular flexibility index (Phi) is 6.58. The van der Waals surface area contributed by atoms with Gasteiger partial charge in [0.25, 0.3) is 5.91 Å². The number of halogens is 1. The number of amides is 1. The molecule has 1 amide bonds. The van der Waals surface area contributed by atoms with E-state index >= 15 is 0 Å². The molecular formula is C14H24BrN3OS. The van der Waals surface area contributed by atoms with Crippen molar-refractivity contribution in [3.63, 3.8) is 0 Å². The van der Waals surface area contributed by atoms with Gasteiger partial charge in [-0.3, -0.25) is 4.79 Å². The molecule has 4 nitrogen and oxygen atoms in total. The molecule has 0 unspecified atom stereocenters. The molecule has 0 N–H and O–H groups in total. The summed E-state index contributed by atoms with van der Waals surface area (Å²) in [4.78, 5) is 15.5. The Balaban J connectivity index is 3.10. The summed E-state index contributed by atoms with van der Waals surface area (Å²) in [5.41, 5.74) is 0.643. The molecular weight excluding hydrogens is 338 g/mol. The van der Waals surface area contributed by atoms with E-state index in [4.69, 9.17) is 0 Å². The summed E-state index contributed by atoms with van der Waals surface area (Å²) in [5.74, 6) is 0.0677. The summed E-state index contributed by atoms with van der Waals surface area (Å²) in [7, 11) is 0. The second kappa shape index (κ2) is 7.50. The minimum absolute atomic E-state index is 0.0677. The number of carbonyl (C=O) groups excluding carboxylic acids is 1. The van der Waals surface area contributed by atoms with Crippen molar-refractivity contribution in [1.29, 1.82) is 0 Å². The maximum atomic E-state index is 12.9. The van der Waals surface area contributed by atoms with E-state index in [9.17, 15) is 4.79 Å². The molecule has 0 saturated heterocycles. The van der Waals surface area contributed by atoms with Gasteiger partial charge in [0.2, 0.25) is 0 Å². The lowest BCUT2D eigenvalue weighted by molar-refractivity contribution is 0.0685. The lowest BCUT2D eigenvalue weighted by Gasteiger charge is -2.30. The number of nitrogens with zero attached hydrogens (tertiary/aromatic N) is 3. The van der Waals surface area contributed by atoms with Gasteiger partial charge >= 0.3 is 0 Å². The topological polar surface area (TPSA) is 46.1 Å². The van der Waals surface area contributed by atoms with Crippen LogP contribution in [-0.2, 0) is 5.41 Å². The van der Waals surface area contributed by atoms with Gasteiger partial charge in [0, 0.05) is 23.3 Å². The van der Waals surface area contributed by atoms with Crippen molar-refractivity contribution >= 4 is 33.4 Å². The molecule has 0 aliphatic rings. The highest BCUT2D eigenvalue weighted by molar-refractivity contribution is 9.09. The first-order chi connectivity index (χ1) is 9.36. The highest BCUT2D eigenvalue weighted by atomic mass is 79.9. The molecule has 0 saturated carbocycles. The maximum Gasteiger partial charge on any atom is 0.267 e. The molecule has 0 aliphatic heterocycles. The Morgan fingerprint density at radius 2 is 1.95 bits per heavy atom. The number of alkyl halides is 1. The van der Waals surface area contributed by atoms with E-state index in [1.807, 2.05) is 4.90 Å². The molecule has 0 atom stereocenters. The minimum atomic E-state index is -0.161. The van der Waals surface area contributed by atoms with Crippen molar-refractivity contribution in [3.8, 4) is 0 Å². The van der Waals surface area contributed by atoms with E-state index in [0.29, 0.717) is 11.4 Å². The summed E-state index contributed by atoms with van der Waals surface area (Å²) < 4.78 is 4.00. The second-order valence-corrected chi connectivity index (χ2v) is 7.41. The standard InChI is InChI=1S/C14H24BrN3OS/c1-6-10(7-2)18(9-8-15)13(19)11-12(14(3,4)5)16-17-20-11/h10H,6-9H2,1-5H3. The highest BCUT2D eigenvalue weighted by Crippen LogP contribution is 2.27. The summed E-state index contributed by atoms with van der Waals surface area (Å²) in [6.45, 7) is 11.1. The Bertz CT molecular complexity index is 438. The van der Waals surface area contributed by atoms with Crippen LogP contribution >= 0.6 is 27.5 Å². The van der Waals surface area contributed by atoms with Gasteiger partial charge in [0.1, 0.15) is 4.88 Å². The molecule has 0 aromatic carbocycles. The van der Waals surface area contributed by atoms with Crippen molar-refractivity contribution < 1.29 is 4.79 Å². The third-order valence-electron chi connectivity index (χ3n) is 3.36. The number of rotatable bonds is 6. The van der Waals surface area contributed by atoms with Gasteiger partial charge in [-0.1, -0.05) is 55.0 Å². The first-order valence-electron chi connectivity index (χ1n) is 7.06. The van der Waals surface area contributed by atoms with Crippen LogP contribution in [0, 0.1) is 0 Å². The zero-order valence-corrected chi connectivity index (χ0v) is 15.3. The van der Waals surface area contributed by atoms with E-state index in [2.05, 4.69) is 60.1 Å². The molecule has 1 aromatic heterocycles. The predicted molar refractivity (Wildman–Crippen MR) is 87.8 cm³/mol. The van der Waals surface area contributed by atoms with Gasteiger partial charge in [-0.25, -0.2) is 0 Å². The predicted octanol–water partition coefficient (Wildman–Crippen LogP) is 3.86. The van der Waals surface area contributed by atoms with Crippen molar-refractivity contribution in [2.45, 2.75) is 58.9 Å². The Hall–Kier alpha value is -0.490.